The second-order valence-electron chi connectivity index (χ2n) is 6.22. The van der Waals surface area contributed by atoms with Gasteiger partial charge in [-0.05, 0) is 46.8 Å². The molecule has 0 bridgehead atoms. The first-order valence-electron chi connectivity index (χ1n) is 7.24. The van der Waals surface area contributed by atoms with Crippen molar-refractivity contribution in [3.63, 3.8) is 0 Å². The normalized spacial score (nSPS) is 19.5. The second-order valence-corrected chi connectivity index (χ2v) is 6.22. The number of rotatable bonds is 10. The van der Waals surface area contributed by atoms with Gasteiger partial charge in [-0.15, -0.1) is 0 Å². The SMILES string of the molecule is CCCN(CCN(C)C)CC(C)(CO)NC1CC1. The minimum Gasteiger partial charge on any atom is -0.394 e. The van der Waals surface area contributed by atoms with Crippen molar-refractivity contribution in [3.05, 3.63) is 0 Å². The summed E-state index contributed by atoms with van der Waals surface area (Å²) in [6, 6.07) is 0.638. The average molecular weight is 257 g/mol. The number of aliphatic hydroxyl groups excluding tert-OH is 1. The number of aliphatic hydroxyl groups is 1. The Hall–Kier alpha value is -0.160. The van der Waals surface area contributed by atoms with E-state index in [2.05, 4.69) is 43.1 Å². The Morgan fingerprint density at radius 1 is 1.22 bits per heavy atom. The highest BCUT2D eigenvalue weighted by atomic mass is 16.3. The van der Waals surface area contributed by atoms with E-state index in [0.717, 1.165) is 26.2 Å². The van der Waals surface area contributed by atoms with E-state index in [1.807, 2.05) is 0 Å². The van der Waals surface area contributed by atoms with Gasteiger partial charge >= 0.3 is 0 Å². The first-order valence-corrected chi connectivity index (χ1v) is 7.24. The van der Waals surface area contributed by atoms with E-state index in [0.29, 0.717) is 6.04 Å². The van der Waals surface area contributed by atoms with Crippen LogP contribution in [0.4, 0.5) is 0 Å². The van der Waals surface area contributed by atoms with Crippen LogP contribution in [0.1, 0.15) is 33.1 Å². The zero-order valence-corrected chi connectivity index (χ0v) is 12.6. The molecule has 4 nitrogen and oxygen atoms in total. The van der Waals surface area contributed by atoms with Crippen molar-refractivity contribution in [1.29, 1.82) is 0 Å². The van der Waals surface area contributed by atoms with E-state index < -0.39 is 0 Å². The molecule has 0 aromatic rings. The minimum atomic E-state index is -0.150. The zero-order valence-electron chi connectivity index (χ0n) is 12.6. The lowest BCUT2D eigenvalue weighted by atomic mass is 10.0. The molecule has 0 aromatic carbocycles. The first-order chi connectivity index (χ1) is 8.49. The van der Waals surface area contributed by atoms with Crippen molar-refractivity contribution < 1.29 is 5.11 Å². The van der Waals surface area contributed by atoms with E-state index >= 15 is 0 Å². The van der Waals surface area contributed by atoms with E-state index in [1.54, 1.807) is 0 Å². The fraction of sp³-hybridized carbons (Fsp3) is 1.00. The Bertz CT molecular complexity index is 231. The molecule has 108 valence electrons. The van der Waals surface area contributed by atoms with Gasteiger partial charge in [0.2, 0.25) is 0 Å². The number of hydrogen-bond donors (Lipinski definition) is 2. The highest BCUT2D eigenvalue weighted by Crippen LogP contribution is 2.22. The van der Waals surface area contributed by atoms with E-state index in [1.165, 1.54) is 19.3 Å². The van der Waals surface area contributed by atoms with Crippen LogP contribution < -0.4 is 5.32 Å². The van der Waals surface area contributed by atoms with E-state index in [9.17, 15) is 5.11 Å². The lowest BCUT2D eigenvalue weighted by molar-refractivity contribution is 0.113. The van der Waals surface area contributed by atoms with Crippen LogP contribution in [-0.4, -0.2) is 73.4 Å². The summed E-state index contributed by atoms with van der Waals surface area (Å²) in [4.78, 5) is 4.68. The van der Waals surface area contributed by atoms with Gasteiger partial charge in [-0.25, -0.2) is 0 Å². The first kappa shape index (κ1) is 15.9. The number of likely N-dealkylation sites (N-methyl/N-ethyl adjacent to an activating group) is 1. The third-order valence-electron chi connectivity index (χ3n) is 3.45. The fourth-order valence-electron chi connectivity index (χ4n) is 2.28. The molecule has 2 N–H and O–H groups in total. The zero-order chi connectivity index (χ0) is 13.6. The van der Waals surface area contributed by atoms with Crippen molar-refractivity contribution in [1.82, 2.24) is 15.1 Å². The van der Waals surface area contributed by atoms with Crippen LogP contribution in [0.2, 0.25) is 0 Å². The smallest absolute Gasteiger partial charge is 0.0623 e. The maximum atomic E-state index is 9.66. The summed E-state index contributed by atoms with van der Waals surface area (Å²) in [6.45, 7) is 8.76. The van der Waals surface area contributed by atoms with Gasteiger partial charge < -0.3 is 20.2 Å². The largest absolute Gasteiger partial charge is 0.394 e. The predicted octanol–water partition coefficient (Wildman–Crippen LogP) is 0.763. The van der Waals surface area contributed by atoms with Crippen LogP contribution in [0, 0.1) is 0 Å². The summed E-state index contributed by atoms with van der Waals surface area (Å²) >= 11 is 0. The molecule has 18 heavy (non-hydrogen) atoms. The van der Waals surface area contributed by atoms with Gasteiger partial charge in [0, 0.05) is 25.7 Å². The molecule has 1 unspecified atom stereocenters. The number of nitrogens with zero attached hydrogens (tertiary/aromatic N) is 2. The second kappa shape index (κ2) is 7.43. The molecule has 0 aromatic heterocycles. The van der Waals surface area contributed by atoms with Gasteiger partial charge in [-0.1, -0.05) is 6.92 Å². The van der Waals surface area contributed by atoms with Gasteiger partial charge in [0.25, 0.3) is 0 Å². The third-order valence-corrected chi connectivity index (χ3v) is 3.45. The lowest BCUT2D eigenvalue weighted by Crippen LogP contribution is -2.55. The molecular formula is C14H31N3O. The molecule has 0 saturated heterocycles. The van der Waals surface area contributed by atoms with E-state index in [-0.39, 0.29) is 12.1 Å². The van der Waals surface area contributed by atoms with Gasteiger partial charge in [-0.3, -0.25) is 0 Å². The van der Waals surface area contributed by atoms with Crippen LogP contribution in [-0.2, 0) is 0 Å². The molecule has 1 fully saturated rings. The molecule has 0 radical (unpaired) electrons. The summed E-state index contributed by atoms with van der Waals surface area (Å²) in [7, 11) is 4.22. The van der Waals surface area contributed by atoms with Crippen molar-refractivity contribution in [3.8, 4) is 0 Å². The maximum absolute atomic E-state index is 9.66. The average Bonchev–Trinajstić information content (AvgIpc) is 3.10. The Morgan fingerprint density at radius 3 is 2.33 bits per heavy atom. The Kier molecular flexibility index (Phi) is 6.57. The monoisotopic (exact) mass is 257 g/mol. The van der Waals surface area contributed by atoms with E-state index in [4.69, 9.17) is 0 Å². The molecular weight excluding hydrogens is 226 g/mol. The fourth-order valence-corrected chi connectivity index (χ4v) is 2.28. The van der Waals surface area contributed by atoms with Crippen molar-refractivity contribution in [2.75, 3.05) is 46.9 Å². The van der Waals surface area contributed by atoms with Crippen molar-refractivity contribution in [2.45, 2.75) is 44.7 Å². The molecule has 1 atom stereocenters. The molecule has 1 aliphatic carbocycles. The quantitative estimate of drug-likeness (QED) is 0.606. The Balaban J connectivity index is 2.44. The minimum absolute atomic E-state index is 0.150. The van der Waals surface area contributed by atoms with Crippen LogP contribution in [0.25, 0.3) is 0 Å². The van der Waals surface area contributed by atoms with Gasteiger partial charge in [0.1, 0.15) is 0 Å². The summed E-state index contributed by atoms with van der Waals surface area (Å²) in [6.07, 6.45) is 3.69. The highest BCUT2D eigenvalue weighted by Gasteiger charge is 2.33. The van der Waals surface area contributed by atoms with Crippen LogP contribution in [0.3, 0.4) is 0 Å². The van der Waals surface area contributed by atoms with Gasteiger partial charge in [0.15, 0.2) is 0 Å². The van der Waals surface area contributed by atoms with Crippen LogP contribution in [0.5, 0.6) is 0 Å². The van der Waals surface area contributed by atoms with Crippen LogP contribution >= 0.6 is 0 Å². The summed E-state index contributed by atoms with van der Waals surface area (Å²) in [5.74, 6) is 0. The van der Waals surface area contributed by atoms with Crippen molar-refractivity contribution >= 4 is 0 Å². The standard InChI is InChI=1S/C14H31N3O/c1-5-8-17(10-9-16(3)4)11-14(2,12-18)15-13-6-7-13/h13,15,18H,5-12H2,1-4H3. The third kappa shape index (κ3) is 6.14. The van der Waals surface area contributed by atoms with Gasteiger partial charge in [-0.2, -0.15) is 0 Å². The summed E-state index contributed by atoms with van der Waals surface area (Å²) < 4.78 is 0. The predicted molar refractivity (Wildman–Crippen MR) is 76.9 cm³/mol. The highest BCUT2D eigenvalue weighted by molar-refractivity contribution is 4.94. The molecule has 1 rings (SSSR count). The topological polar surface area (TPSA) is 38.7 Å². The molecule has 4 heteroatoms. The molecule has 0 aliphatic heterocycles. The maximum Gasteiger partial charge on any atom is 0.0623 e. The Morgan fingerprint density at radius 2 is 1.89 bits per heavy atom. The number of hydrogen-bond acceptors (Lipinski definition) is 4. The lowest BCUT2D eigenvalue weighted by Gasteiger charge is -2.35. The van der Waals surface area contributed by atoms with Gasteiger partial charge in [0.05, 0.1) is 12.1 Å². The van der Waals surface area contributed by atoms with Crippen LogP contribution in [0.15, 0.2) is 0 Å². The molecule has 1 aliphatic rings. The Labute approximate surface area is 112 Å². The summed E-state index contributed by atoms with van der Waals surface area (Å²) in [5.41, 5.74) is -0.150. The molecule has 0 heterocycles. The number of nitrogens with one attached hydrogen (secondary N) is 1. The summed E-state index contributed by atoms with van der Waals surface area (Å²) in [5, 5.41) is 13.2. The molecule has 0 amide bonds. The molecule has 0 spiro atoms. The van der Waals surface area contributed by atoms with Crippen molar-refractivity contribution in [2.24, 2.45) is 0 Å². The molecule has 1 saturated carbocycles.